The van der Waals surface area contributed by atoms with E-state index in [0.29, 0.717) is 6.42 Å². The Hall–Kier alpha value is -2.15. The van der Waals surface area contributed by atoms with Crippen molar-refractivity contribution < 1.29 is 9.59 Å². The predicted molar refractivity (Wildman–Crippen MR) is 88.0 cm³/mol. The molecule has 1 saturated heterocycles. The van der Waals surface area contributed by atoms with E-state index in [1.54, 1.807) is 23.7 Å². The molecule has 0 aliphatic carbocycles. The van der Waals surface area contributed by atoms with E-state index in [2.05, 4.69) is 4.98 Å². The van der Waals surface area contributed by atoms with E-state index in [-0.39, 0.29) is 24.3 Å². The number of hydrogen-bond donors (Lipinski definition) is 1. The van der Waals surface area contributed by atoms with Crippen LogP contribution in [0, 0.1) is 0 Å². The van der Waals surface area contributed by atoms with Crippen molar-refractivity contribution in [3.8, 4) is 0 Å². The first-order chi connectivity index (χ1) is 11.1. The summed E-state index contributed by atoms with van der Waals surface area (Å²) in [5.74, 6) is 0.984. The van der Waals surface area contributed by atoms with Gasteiger partial charge < -0.3 is 15.2 Å². The molecule has 2 aromatic rings. The van der Waals surface area contributed by atoms with Gasteiger partial charge in [0.2, 0.25) is 11.8 Å². The maximum atomic E-state index is 12.3. The summed E-state index contributed by atoms with van der Waals surface area (Å²) in [7, 11) is 0. The minimum Gasteiger partial charge on any atom is -0.368 e. The van der Waals surface area contributed by atoms with E-state index in [9.17, 15) is 9.59 Å². The number of amides is 2. The van der Waals surface area contributed by atoms with Gasteiger partial charge in [-0.1, -0.05) is 0 Å². The number of likely N-dealkylation sites (tertiary alicyclic amines) is 1. The molecular weight excluding hydrogens is 312 g/mol. The summed E-state index contributed by atoms with van der Waals surface area (Å²) in [6.45, 7) is 1.63. The number of primary amides is 1. The monoisotopic (exact) mass is 332 g/mol. The highest BCUT2D eigenvalue weighted by Crippen LogP contribution is 2.27. The van der Waals surface area contributed by atoms with Crippen molar-refractivity contribution in [1.82, 2.24) is 14.5 Å². The van der Waals surface area contributed by atoms with Crippen molar-refractivity contribution in [2.75, 3.05) is 13.1 Å². The lowest BCUT2D eigenvalue weighted by Gasteiger charge is -2.32. The Balaban J connectivity index is 1.57. The number of thiophene rings is 1. The molecule has 0 aromatic carbocycles. The van der Waals surface area contributed by atoms with E-state index < -0.39 is 0 Å². The summed E-state index contributed by atoms with van der Waals surface area (Å²) in [5, 5.41) is 4.01. The van der Waals surface area contributed by atoms with Gasteiger partial charge in [-0.3, -0.25) is 9.59 Å². The molecule has 1 fully saturated rings. The Morgan fingerprint density at radius 3 is 2.78 bits per heavy atom. The Labute approximate surface area is 138 Å². The average molecular weight is 332 g/mol. The molecule has 0 radical (unpaired) electrons. The fourth-order valence-electron chi connectivity index (χ4n) is 3.05. The van der Waals surface area contributed by atoms with Crippen LogP contribution in [0.4, 0.5) is 0 Å². The van der Waals surface area contributed by atoms with Crippen molar-refractivity contribution in [3.63, 3.8) is 0 Å². The normalized spacial score (nSPS) is 15.7. The Morgan fingerprint density at radius 1 is 1.35 bits per heavy atom. The van der Waals surface area contributed by atoms with Gasteiger partial charge in [0.25, 0.3) is 0 Å². The Morgan fingerprint density at radius 2 is 2.13 bits per heavy atom. The van der Waals surface area contributed by atoms with E-state index in [1.165, 1.54) is 0 Å². The van der Waals surface area contributed by atoms with Gasteiger partial charge in [0.15, 0.2) is 0 Å². The van der Waals surface area contributed by atoms with Gasteiger partial charge in [0.1, 0.15) is 12.4 Å². The fraction of sp³-hybridized carbons (Fsp3) is 0.438. The van der Waals surface area contributed by atoms with E-state index in [4.69, 9.17) is 5.73 Å². The quantitative estimate of drug-likeness (QED) is 0.898. The zero-order valence-corrected chi connectivity index (χ0v) is 13.7. The predicted octanol–water partition coefficient (Wildman–Crippen LogP) is 1.38. The number of aromatic nitrogens is 2. The summed E-state index contributed by atoms with van der Waals surface area (Å²) >= 11 is 1.61. The first kappa shape index (κ1) is 15.7. The molecule has 3 rings (SSSR count). The number of nitrogens with zero attached hydrogens (tertiary/aromatic N) is 3. The number of carbonyl (C=O) groups is 2. The van der Waals surface area contributed by atoms with Crippen LogP contribution in [0.25, 0.3) is 0 Å². The van der Waals surface area contributed by atoms with Gasteiger partial charge in [0.05, 0.1) is 6.42 Å². The highest BCUT2D eigenvalue weighted by atomic mass is 32.1. The molecule has 2 amide bonds. The molecule has 2 N–H and O–H groups in total. The lowest BCUT2D eigenvalue weighted by atomic mass is 9.95. The number of carbonyl (C=O) groups excluding carboxylic acids is 2. The highest BCUT2D eigenvalue weighted by molar-refractivity contribution is 7.07. The van der Waals surface area contributed by atoms with E-state index in [1.807, 2.05) is 26.3 Å². The molecule has 23 heavy (non-hydrogen) atoms. The van der Waals surface area contributed by atoms with E-state index in [0.717, 1.165) is 37.3 Å². The van der Waals surface area contributed by atoms with Crippen LogP contribution in [0.5, 0.6) is 0 Å². The van der Waals surface area contributed by atoms with Gasteiger partial charge >= 0.3 is 0 Å². The smallest absolute Gasteiger partial charge is 0.237 e. The second-order valence-electron chi connectivity index (χ2n) is 5.84. The molecule has 7 heteroatoms. The van der Waals surface area contributed by atoms with Crippen molar-refractivity contribution in [2.45, 2.75) is 31.7 Å². The first-order valence-electron chi connectivity index (χ1n) is 7.71. The summed E-state index contributed by atoms with van der Waals surface area (Å²) in [4.78, 5) is 29.7. The average Bonchev–Trinajstić information content (AvgIpc) is 3.18. The minimum absolute atomic E-state index is 0.159. The van der Waals surface area contributed by atoms with Crippen LogP contribution in [-0.2, 0) is 22.6 Å². The zero-order chi connectivity index (χ0) is 16.2. The van der Waals surface area contributed by atoms with Crippen molar-refractivity contribution in [3.05, 3.63) is 40.6 Å². The summed E-state index contributed by atoms with van der Waals surface area (Å²) in [5.41, 5.74) is 6.35. The van der Waals surface area contributed by atoms with Crippen LogP contribution in [0.3, 0.4) is 0 Å². The number of rotatable bonds is 5. The SMILES string of the molecule is NC(=O)Cn1ccnc1C1CCN(C(=O)Cc2ccsc2)CC1. The number of hydrogen-bond acceptors (Lipinski definition) is 4. The number of nitrogens with two attached hydrogens (primary N) is 1. The molecule has 0 saturated carbocycles. The zero-order valence-electron chi connectivity index (χ0n) is 12.9. The van der Waals surface area contributed by atoms with Crippen LogP contribution < -0.4 is 5.73 Å². The Bertz CT molecular complexity index is 672. The molecule has 1 aliphatic rings. The molecule has 0 atom stereocenters. The molecular formula is C16H20N4O2S. The maximum Gasteiger partial charge on any atom is 0.237 e. The third-order valence-electron chi connectivity index (χ3n) is 4.22. The van der Waals surface area contributed by atoms with Crippen LogP contribution in [0.15, 0.2) is 29.2 Å². The minimum atomic E-state index is -0.368. The molecule has 0 unspecified atom stereocenters. The van der Waals surface area contributed by atoms with Gasteiger partial charge in [-0.2, -0.15) is 11.3 Å². The van der Waals surface area contributed by atoms with E-state index >= 15 is 0 Å². The van der Waals surface area contributed by atoms with Crippen LogP contribution in [0.1, 0.15) is 30.1 Å². The van der Waals surface area contributed by atoms with Crippen LogP contribution >= 0.6 is 11.3 Å². The summed E-state index contributed by atoms with van der Waals surface area (Å²) < 4.78 is 1.82. The number of imidazole rings is 1. The third-order valence-corrected chi connectivity index (χ3v) is 4.95. The standard InChI is InChI=1S/C16H20N4O2S/c17-14(21)10-20-7-4-18-16(20)13-1-5-19(6-2-13)15(22)9-12-3-8-23-11-12/h3-4,7-8,11,13H,1-2,5-6,9-10H2,(H2,17,21). The molecule has 2 aromatic heterocycles. The first-order valence-corrected chi connectivity index (χ1v) is 8.66. The van der Waals surface area contributed by atoms with Crippen molar-refractivity contribution in [2.24, 2.45) is 5.73 Å². The summed E-state index contributed by atoms with van der Waals surface area (Å²) in [6, 6.07) is 2.00. The lowest BCUT2D eigenvalue weighted by Crippen LogP contribution is -2.39. The molecule has 6 nitrogen and oxygen atoms in total. The second kappa shape index (κ2) is 6.95. The fourth-order valence-corrected chi connectivity index (χ4v) is 3.72. The molecule has 1 aliphatic heterocycles. The second-order valence-corrected chi connectivity index (χ2v) is 6.62. The maximum absolute atomic E-state index is 12.3. The van der Waals surface area contributed by atoms with Crippen molar-refractivity contribution in [1.29, 1.82) is 0 Å². The lowest BCUT2D eigenvalue weighted by molar-refractivity contribution is -0.131. The van der Waals surface area contributed by atoms with Crippen LogP contribution in [-0.4, -0.2) is 39.4 Å². The van der Waals surface area contributed by atoms with Gasteiger partial charge in [-0.15, -0.1) is 0 Å². The van der Waals surface area contributed by atoms with Crippen LogP contribution in [0.2, 0.25) is 0 Å². The molecule has 3 heterocycles. The van der Waals surface area contributed by atoms with Gasteiger partial charge in [-0.05, 0) is 35.2 Å². The van der Waals surface area contributed by atoms with Gasteiger partial charge in [-0.25, -0.2) is 4.98 Å². The molecule has 0 spiro atoms. The van der Waals surface area contributed by atoms with Crippen molar-refractivity contribution >= 4 is 23.2 Å². The third kappa shape index (κ3) is 3.79. The topological polar surface area (TPSA) is 81.2 Å². The largest absolute Gasteiger partial charge is 0.368 e. The Kier molecular flexibility index (Phi) is 4.76. The highest BCUT2D eigenvalue weighted by Gasteiger charge is 2.26. The summed E-state index contributed by atoms with van der Waals surface area (Å²) in [6.07, 6.45) is 5.70. The van der Waals surface area contributed by atoms with Gasteiger partial charge in [0, 0.05) is 31.4 Å². The number of piperidine rings is 1. The molecule has 122 valence electrons. The molecule has 0 bridgehead atoms.